The first kappa shape index (κ1) is 16.7. The molecule has 0 aromatic heterocycles. The number of ketones is 3. The lowest BCUT2D eigenvalue weighted by Crippen LogP contribution is -2.17. The van der Waals surface area contributed by atoms with Crippen molar-refractivity contribution in [2.75, 3.05) is 6.61 Å². The first-order valence-corrected chi connectivity index (χ1v) is 8.79. The summed E-state index contributed by atoms with van der Waals surface area (Å²) in [6.07, 6.45) is 0. The van der Waals surface area contributed by atoms with Crippen LogP contribution in [0.15, 0.2) is 43.9 Å². The summed E-state index contributed by atoms with van der Waals surface area (Å²) < 4.78 is 5.23. The molecular formula is C17H12O5S2. The van der Waals surface area contributed by atoms with Crippen LogP contribution in [0.5, 0.6) is 0 Å². The summed E-state index contributed by atoms with van der Waals surface area (Å²) in [5.74, 6) is -1.73. The number of ether oxygens (including phenoxy) is 1. The largest absolute Gasteiger partial charge is 0.462 e. The summed E-state index contributed by atoms with van der Waals surface area (Å²) in [5.41, 5.74) is 0.568. The van der Waals surface area contributed by atoms with Gasteiger partial charge in [0.1, 0.15) is 5.57 Å². The Kier molecular flexibility index (Phi) is 4.47. The second-order valence-corrected chi connectivity index (χ2v) is 7.30. The summed E-state index contributed by atoms with van der Waals surface area (Å²) in [7, 11) is 0. The molecule has 0 fully saturated rings. The number of fused-ring (bicyclic) bond motifs is 1. The average Bonchev–Trinajstić information content (AvgIpc) is 2.98. The monoisotopic (exact) mass is 360 g/mol. The van der Waals surface area contributed by atoms with Crippen molar-refractivity contribution in [3.8, 4) is 0 Å². The highest BCUT2D eigenvalue weighted by atomic mass is 32.2. The van der Waals surface area contributed by atoms with Crippen molar-refractivity contribution in [3.63, 3.8) is 0 Å². The van der Waals surface area contributed by atoms with Crippen LogP contribution in [0.1, 0.15) is 34.6 Å². The molecule has 0 N–H and O–H groups in total. The molecule has 0 radical (unpaired) electrons. The second kappa shape index (κ2) is 6.41. The van der Waals surface area contributed by atoms with Gasteiger partial charge in [-0.2, -0.15) is 0 Å². The van der Waals surface area contributed by atoms with Gasteiger partial charge in [-0.05, 0) is 13.8 Å². The molecule has 1 aromatic carbocycles. The van der Waals surface area contributed by atoms with Crippen molar-refractivity contribution < 1.29 is 23.9 Å². The van der Waals surface area contributed by atoms with Gasteiger partial charge in [-0.15, -0.1) is 0 Å². The molecule has 24 heavy (non-hydrogen) atoms. The van der Waals surface area contributed by atoms with Crippen LogP contribution >= 0.6 is 23.5 Å². The molecule has 2 aliphatic rings. The lowest BCUT2D eigenvalue weighted by atomic mass is 9.94. The van der Waals surface area contributed by atoms with Gasteiger partial charge >= 0.3 is 5.97 Å². The third kappa shape index (κ3) is 2.63. The third-order valence-corrected chi connectivity index (χ3v) is 6.06. The van der Waals surface area contributed by atoms with Gasteiger partial charge in [-0.3, -0.25) is 14.4 Å². The Hall–Kier alpha value is -2.12. The molecule has 5 nitrogen and oxygen atoms in total. The summed E-state index contributed by atoms with van der Waals surface area (Å²) in [5, 5.41) is 0. The molecule has 1 heterocycles. The number of esters is 1. The zero-order valence-corrected chi connectivity index (χ0v) is 14.5. The molecule has 3 rings (SSSR count). The van der Waals surface area contributed by atoms with E-state index in [1.165, 1.54) is 6.92 Å². The zero-order chi connectivity index (χ0) is 17.4. The van der Waals surface area contributed by atoms with E-state index in [1.54, 1.807) is 31.2 Å². The SMILES string of the molecule is CCOC(=O)C(C(C)=O)=C1SC2=C(S1)C(=O)c1ccccc1C2=O. The van der Waals surface area contributed by atoms with Crippen LogP contribution in [-0.4, -0.2) is 29.9 Å². The molecule has 1 aliphatic carbocycles. The van der Waals surface area contributed by atoms with E-state index in [1.807, 2.05) is 0 Å². The predicted molar refractivity (Wildman–Crippen MR) is 91.7 cm³/mol. The van der Waals surface area contributed by atoms with Gasteiger partial charge in [-0.25, -0.2) is 4.79 Å². The van der Waals surface area contributed by atoms with Crippen molar-refractivity contribution in [1.82, 2.24) is 0 Å². The molecule has 1 aromatic rings. The van der Waals surface area contributed by atoms with E-state index >= 15 is 0 Å². The van der Waals surface area contributed by atoms with E-state index in [9.17, 15) is 19.2 Å². The quantitative estimate of drug-likeness (QED) is 0.355. The smallest absolute Gasteiger partial charge is 0.343 e. The molecule has 0 unspecified atom stereocenters. The molecule has 122 valence electrons. The van der Waals surface area contributed by atoms with E-state index in [-0.39, 0.29) is 33.6 Å². The molecule has 0 bridgehead atoms. The van der Waals surface area contributed by atoms with E-state index in [0.29, 0.717) is 15.4 Å². The standard InChI is InChI=1S/C17H12O5S2/c1-3-22-16(21)11(8(2)18)17-23-14-12(19)9-6-4-5-7-10(9)13(20)15(14)24-17/h4-7H,3H2,1-2H3. The Morgan fingerprint density at radius 2 is 1.50 bits per heavy atom. The molecule has 0 amide bonds. The van der Waals surface area contributed by atoms with Crippen LogP contribution in [0.25, 0.3) is 0 Å². The molecule has 0 atom stereocenters. The van der Waals surface area contributed by atoms with Crippen molar-refractivity contribution in [1.29, 1.82) is 0 Å². The summed E-state index contributed by atoms with van der Waals surface area (Å²) in [4.78, 5) is 49.7. The highest BCUT2D eigenvalue weighted by Crippen LogP contribution is 2.54. The van der Waals surface area contributed by atoms with Crippen LogP contribution < -0.4 is 0 Å². The van der Waals surface area contributed by atoms with E-state index < -0.39 is 11.8 Å². The molecule has 7 heteroatoms. The number of Topliss-reactive ketones (excluding diaryl/α,β-unsaturated/α-hetero) is 3. The number of benzene rings is 1. The van der Waals surface area contributed by atoms with Crippen molar-refractivity contribution in [3.05, 3.63) is 55.0 Å². The fraction of sp³-hybridized carbons (Fsp3) is 0.176. The Morgan fingerprint density at radius 1 is 1.00 bits per heavy atom. The normalized spacial score (nSPS) is 16.0. The minimum Gasteiger partial charge on any atom is -0.462 e. The number of carbonyl (C=O) groups excluding carboxylic acids is 4. The highest BCUT2D eigenvalue weighted by Gasteiger charge is 2.40. The second-order valence-electron chi connectivity index (χ2n) is 5.01. The van der Waals surface area contributed by atoms with Crippen molar-refractivity contribution in [2.24, 2.45) is 0 Å². The summed E-state index contributed by atoms with van der Waals surface area (Å²) >= 11 is 1.98. The topological polar surface area (TPSA) is 77.5 Å². The van der Waals surface area contributed by atoms with Gasteiger partial charge in [0.25, 0.3) is 0 Å². The van der Waals surface area contributed by atoms with Gasteiger partial charge in [0.2, 0.25) is 11.6 Å². The van der Waals surface area contributed by atoms with Crippen LogP contribution in [0.2, 0.25) is 0 Å². The van der Waals surface area contributed by atoms with Gasteiger partial charge in [0, 0.05) is 11.1 Å². The van der Waals surface area contributed by atoms with Crippen LogP contribution in [-0.2, 0) is 14.3 Å². The van der Waals surface area contributed by atoms with Gasteiger partial charge < -0.3 is 4.74 Å². The van der Waals surface area contributed by atoms with Gasteiger partial charge in [0.05, 0.1) is 20.7 Å². The zero-order valence-electron chi connectivity index (χ0n) is 12.9. The number of carbonyl (C=O) groups is 4. The summed E-state index contributed by atoms with van der Waals surface area (Å²) in [6, 6.07) is 6.59. The Balaban J connectivity index is 2.04. The maximum atomic E-state index is 12.6. The fourth-order valence-electron chi connectivity index (χ4n) is 2.40. The van der Waals surface area contributed by atoms with Crippen LogP contribution in [0.3, 0.4) is 0 Å². The third-order valence-electron chi connectivity index (χ3n) is 3.46. The summed E-state index contributed by atoms with van der Waals surface area (Å²) in [6.45, 7) is 3.03. The lowest BCUT2D eigenvalue weighted by Gasteiger charge is -2.13. The average molecular weight is 360 g/mol. The van der Waals surface area contributed by atoms with Crippen molar-refractivity contribution >= 4 is 46.8 Å². The van der Waals surface area contributed by atoms with Crippen molar-refractivity contribution in [2.45, 2.75) is 13.8 Å². The first-order valence-electron chi connectivity index (χ1n) is 7.16. The number of hydrogen-bond acceptors (Lipinski definition) is 7. The molecule has 0 saturated heterocycles. The predicted octanol–water partition coefficient (Wildman–Crippen LogP) is 3.12. The first-order chi connectivity index (χ1) is 11.5. The van der Waals surface area contributed by atoms with Gasteiger partial charge in [0.15, 0.2) is 5.78 Å². The van der Waals surface area contributed by atoms with Gasteiger partial charge in [-0.1, -0.05) is 47.8 Å². The number of allylic oxidation sites excluding steroid dienone is 2. The number of hydrogen-bond donors (Lipinski definition) is 0. The van der Waals surface area contributed by atoms with E-state index in [2.05, 4.69) is 0 Å². The number of thioether (sulfide) groups is 2. The maximum absolute atomic E-state index is 12.6. The fourth-order valence-corrected chi connectivity index (χ4v) is 5.12. The van der Waals surface area contributed by atoms with Crippen LogP contribution in [0, 0.1) is 0 Å². The Morgan fingerprint density at radius 3 is 1.92 bits per heavy atom. The minimum absolute atomic E-state index is 0.120. The Labute approximate surface area is 146 Å². The lowest BCUT2D eigenvalue weighted by molar-refractivity contribution is -0.139. The molecular weight excluding hydrogens is 348 g/mol. The maximum Gasteiger partial charge on any atom is 0.343 e. The molecule has 1 aliphatic heterocycles. The molecule has 0 saturated carbocycles. The highest BCUT2D eigenvalue weighted by molar-refractivity contribution is 8.29. The molecule has 0 spiro atoms. The van der Waals surface area contributed by atoms with E-state index in [0.717, 1.165) is 23.5 Å². The Bertz CT molecular complexity index is 814. The minimum atomic E-state index is -0.739. The van der Waals surface area contributed by atoms with Crippen LogP contribution in [0.4, 0.5) is 0 Å². The number of rotatable bonds is 3. The van der Waals surface area contributed by atoms with E-state index in [4.69, 9.17) is 4.74 Å².